The Balaban J connectivity index is 1.50. The summed E-state index contributed by atoms with van der Waals surface area (Å²) in [5, 5.41) is 0. The molecule has 0 aromatic rings. The summed E-state index contributed by atoms with van der Waals surface area (Å²) in [5.74, 6) is 0. The Labute approximate surface area is 73.9 Å². The summed E-state index contributed by atoms with van der Waals surface area (Å²) in [6.07, 6.45) is 2.90. The lowest BCUT2D eigenvalue weighted by Crippen LogP contribution is -2.66. The van der Waals surface area contributed by atoms with Crippen LogP contribution >= 0.6 is 0 Å². The van der Waals surface area contributed by atoms with E-state index < -0.39 is 0 Å². The van der Waals surface area contributed by atoms with Gasteiger partial charge in [0, 0.05) is 25.0 Å². The highest BCUT2D eigenvalue weighted by atomic mass is 16.5. The first-order chi connectivity index (χ1) is 5.70. The summed E-state index contributed by atoms with van der Waals surface area (Å²) in [7, 11) is 0. The van der Waals surface area contributed by atoms with Crippen molar-refractivity contribution >= 4 is 0 Å². The summed E-state index contributed by atoms with van der Waals surface area (Å²) < 4.78 is 5.25. The summed E-state index contributed by atoms with van der Waals surface area (Å²) in [4.78, 5) is 2.61. The van der Waals surface area contributed by atoms with Gasteiger partial charge in [-0.05, 0) is 18.3 Å². The summed E-state index contributed by atoms with van der Waals surface area (Å²) >= 11 is 0. The van der Waals surface area contributed by atoms with Crippen molar-refractivity contribution in [2.24, 2.45) is 10.8 Å². The standard InChI is InChI=1S/C10H17NO/c1-9(2-3-9)4-11-5-10(6-11)7-12-8-10/h2-8H2,1H3. The van der Waals surface area contributed by atoms with Gasteiger partial charge in [-0.25, -0.2) is 0 Å². The van der Waals surface area contributed by atoms with E-state index in [2.05, 4.69) is 11.8 Å². The third kappa shape index (κ3) is 1.01. The Bertz CT molecular complexity index is 198. The smallest absolute Gasteiger partial charge is 0.0569 e. The van der Waals surface area contributed by atoms with Gasteiger partial charge in [-0.15, -0.1) is 0 Å². The minimum Gasteiger partial charge on any atom is -0.380 e. The molecule has 0 unspecified atom stereocenters. The molecule has 2 aliphatic heterocycles. The molecule has 0 N–H and O–H groups in total. The predicted molar refractivity (Wildman–Crippen MR) is 47.0 cm³/mol. The molecule has 12 heavy (non-hydrogen) atoms. The van der Waals surface area contributed by atoms with E-state index in [0.29, 0.717) is 10.8 Å². The second-order valence-corrected chi connectivity index (χ2v) is 5.45. The summed E-state index contributed by atoms with van der Waals surface area (Å²) in [6, 6.07) is 0. The van der Waals surface area contributed by atoms with Gasteiger partial charge in [0.1, 0.15) is 0 Å². The second kappa shape index (κ2) is 2.05. The third-order valence-corrected chi connectivity index (χ3v) is 3.64. The molecule has 68 valence electrons. The molecule has 2 nitrogen and oxygen atoms in total. The van der Waals surface area contributed by atoms with Crippen LogP contribution in [0.3, 0.4) is 0 Å². The van der Waals surface area contributed by atoms with E-state index in [1.165, 1.54) is 32.5 Å². The predicted octanol–water partition coefficient (Wildman–Crippen LogP) is 1.12. The molecule has 0 radical (unpaired) electrons. The van der Waals surface area contributed by atoms with Crippen LogP contribution in [0.15, 0.2) is 0 Å². The van der Waals surface area contributed by atoms with Crippen LogP contribution in [-0.2, 0) is 4.74 Å². The topological polar surface area (TPSA) is 12.5 Å². The zero-order valence-electron chi connectivity index (χ0n) is 7.81. The zero-order chi connectivity index (χ0) is 8.23. The fourth-order valence-electron chi connectivity index (χ4n) is 2.50. The normalized spacial score (nSPS) is 35.8. The highest BCUT2D eigenvalue weighted by Crippen LogP contribution is 2.48. The van der Waals surface area contributed by atoms with Crippen molar-refractivity contribution in [1.82, 2.24) is 4.90 Å². The molecule has 2 saturated heterocycles. The van der Waals surface area contributed by atoms with Crippen molar-refractivity contribution < 1.29 is 4.74 Å². The molecule has 0 atom stereocenters. The van der Waals surface area contributed by atoms with Crippen molar-refractivity contribution in [3.8, 4) is 0 Å². The molecule has 0 aromatic carbocycles. The third-order valence-electron chi connectivity index (χ3n) is 3.64. The lowest BCUT2D eigenvalue weighted by molar-refractivity contribution is -0.191. The Morgan fingerprint density at radius 1 is 1.25 bits per heavy atom. The van der Waals surface area contributed by atoms with Crippen molar-refractivity contribution in [2.75, 3.05) is 32.8 Å². The van der Waals surface area contributed by atoms with Crippen LogP contribution in [0.25, 0.3) is 0 Å². The molecule has 0 amide bonds. The van der Waals surface area contributed by atoms with Gasteiger partial charge >= 0.3 is 0 Å². The first-order valence-electron chi connectivity index (χ1n) is 5.00. The molecule has 0 bridgehead atoms. The number of likely N-dealkylation sites (tertiary alicyclic amines) is 1. The molecule has 1 aliphatic carbocycles. The maximum absolute atomic E-state index is 5.25. The van der Waals surface area contributed by atoms with Crippen molar-refractivity contribution in [3.63, 3.8) is 0 Å². The zero-order valence-corrected chi connectivity index (χ0v) is 7.81. The molecule has 3 fully saturated rings. The van der Waals surface area contributed by atoms with Gasteiger partial charge in [0.15, 0.2) is 0 Å². The van der Waals surface area contributed by atoms with Crippen molar-refractivity contribution in [3.05, 3.63) is 0 Å². The molecule has 3 rings (SSSR count). The van der Waals surface area contributed by atoms with Crippen LogP contribution in [0.4, 0.5) is 0 Å². The van der Waals surface area contributed by atoms with Gasteiger partial charge in [-0.1, -0.05) is 6.92 Å². The number of hydrogen-bond acceptors (Lipinski definition) is 2. The maximum Gasteiger partial charge on any atom is 0.0569 e. The van der Waals surface area contributed by atoms with Crippen LogP contribution in [0, 0.1) is 10.8 Å². The van der Waals surface area contributed by atoms with Crippen molar-refractivity contribution in [2.45, 2.75) is 19.8 Å². The lowest BCUT2D eigenvalue weighted by Gasteiger charge is -2.55. The molecule has 1 saturated carbocycles. The molecular weight excluding hydrogens is 150 g/mol. The molecule has 0 aromatic heterocycles. The maximum atomic E-state index is 5.25. The Morgan fingerprint density at radius 3 is 2.33 bits per heavy atom. The van der Waals surface area contributed by atoms with Crippen LogP contribution in [0.1, 0.15) is 19.8 Å². The van der Waals surface area contributed by atoms with Gasteiger partial charge in [0.25, 0.3) is 0 Å². The van der Waals surface area contributed by atoms with E-state index in [0.717, 1.165) is 13.2 Å². The van der Waals surface area contributed by atoms with Gasteiger partial charge < -0.3 is 9.64 Å². The van der Waals surface area contributed by atoms with Crippen LogP contribution in [0.2, 0.25) is 0 Å². The summed E-state index contributed by atoms with van der Waals surface area (Å²) in [6.45, 7) is 8.43. The van der Waals surface area contributed by atoms with Gasteiger partial charge in [0.05, 0.1) is 13.2 Å². The van der Waals surface area contributed by atoms with E-state index in [9.17, 15) is 0 Å². The Hall–Kier alpha value is -0.0800. The average Bonchev–Trinajstić information content (AvgIpc) is 2.54. The van der Waals surface area contributed by atoms with E-state index in [1.807, 2.05) is 0 Å². The SMILES string of the molecule is CC1(CN2CC3(COC3)C2)CC1. The summed E-state index contributed by atoms with van der Waals surface area (Å²) in [5.41, 5.74) is 1.32. The highest BCUT2D eigenvalue weighted by Gasteiger charge is 2.51. The van der Waals surface area contributed by atoms with Crippen LogP contribution in [-0.4, -0.2) is 37.7 Å². The first kappa shape index (κ1) is 7.34. The van der Waals surface area contributed by atoms with Crippen LogP contribution < -0.4 is 0 Å². The molecule has 3 aliphatic rings. The molecular formula is C10H17NO. The fraction of sp³-hybridized carbons (Fsp3) is 1.00. The molecule has 2 heteroatoms. The largest absolute Gasteiger partial charge is 0.380 e. The number of rotatable bonds is 2. The number of hydrogen-bond donors (Lipinski definition) is 0. The first-order valence-corrected chi connectivity index (χ1v) is 5.00. The number of nitrogens with zero attached hydrogens (tertiary/aromatic N) is 1. The Kier molecular flexibility index (Phi) is 1.25. The quantitative estimate of drug-likeness (QED) is 0.611. The Morgan fingerprint density at radius 2 is 1.92 bits per heavy atom. The van der Waals surface area contributed by atoms with E-state index in [1.54, 1.807) is 0 Å². The van der Waals surface area contributed by atoms with Gasteiger partial charge in [-0.2, -0.15) is 0 Å². The van der Waals surface area contributed by atoms with E-state index in [4.69, 9.17) is 4.74 Å². The monoisotopic (exact) mass is 167 g/mol. The van der Waals surface area contributed by atoms with Gasteiger partial charge in [-0.3, -0.25) is 0 Å². The minimum atomic E-state index is 0.616. The van der Waals surface area contributed by atoms with Gasteiger partial charge in [0.2, 0.25) is 0 Å². The molecule has 2 heterocycles. The van der Waals surface area contributed by atoms with E-state index in [-0.39, 0.29) is 0 Å². The fourth-order valence-corrected chi connectivity index (χ4v) is 2.50. The average molecular weight is 167 g/mol. The van der Waals surface area contributed by atoms with Crippen LogP contribution in [0.5, 0.6) is 0 Å². The number of ether oxygens (including phenoxy) is 1. The minimum absolute atomic E-state index is 0.616. The second-order valence-electron chi connectivity index (χ2n) is 5.45. The molecule has 1 spiro atoms. The van der Waals surface area contributed by atoms with Crippen molar-refractivity contribution in [1.29, 1.82) is 0 Å². The highest BCUT2D eigenvalue weighted by molar-refractivity contribution is 5.02. The lowest BCUT2D eigenvalue weighted by atomic mass is 9.77. The van der Waals surface area contributed by atoms with E-state index >= 15 is 0 Å².